The van der Waals surface area contributed by atoms with Gasteiger partial charge in [0.25, 0.3) is 0 Å². The van der Waals surface area contributed by atoms with Gasteiger partial charge in [-0.3, -0.25) is 4.79 Å². The lowest BCUT2D eigenvalue weighted by Crippen LogP contribution is -2.47. The number of ketones is 1. The molecule has 2 aromatic rings. The maximum absolute atomic E-state index is 13.2. The van der Waals surface area contributed by atoms with Crippen LogP contribution in [0.25, 0.3) is 0 Å². The van der Waals surface area contributed by atoms with Crippen LogP contribution >= 0.6 is 0 Å². The normalized spacial score (nSPS) is 19.0. The van der Waals surface area contributed by atoms with Crippen LogP contribution in [0.2, 0.25) is 0 Å². The number of carbonyl (C=O) groups excluding carboxylic acids is 1. The molecule has 1 heterocycles. The van der Waals surface area contributed by atoms with Crippen molar-refractivity contribution in [3.05, 3.63) is 71.8 Å². The van der Waals surface area contributed by atoms with Crippen molar-refractivity contribution in [2.45, 2.75) is 18.3 Å². The summed E-state index contributed by atoms with van der Waals surface area (Å²) in [5, 5.41) is 0. The van der Waals surface area contributed by atoms with E-state index in [0.717, 1.165) is 11.1 Å². The van der Waals surface area contributed by atoms with Crippen molar-refractivity contribution >= 4 is 15.8 Å². The molecular formula is C19H21NO3S. The molecule has 4 nitrogen and oxygen atoms in total. The lowest BCUT2D eigenvalue weighted by Gasteiger charge is -2.35. The number of carbonyl (C=O) groups is 1. The lowest BCUT2D eigenvalue weighted by molar-refractivity contribution is -0.122. The molecule has 0 spiro atoms. The monoisotopic (exact) mass is 343 g/mol. The Labute approximate surface area is 143 Å². The summed E-state index contributed by atoms with van der Waals surface area (Å²) in [5.41, 5.74) is 0.732. The molecule has 0 N–H and O–H groups in total. The Balaban J connectivity index is 2.24. The van der Waals surface area contributed by atoms with Gasteiger partial charge in [-0.25, -0.2) is 12.7 Å². The zero-order valence-electron chi connectivity index (χ0n) is 13.7. The van der Waals surface area contributed by atoms with Crippen molar-refractivity contribution in [1.29, 1.82) is 0 Å². The van der Waals surface area contributed by atoms with E-state index >= 15 is 0 Å². The fraction of sp³-hybridized carbons (Fsp3) is 0.316. The highest BCUT2D eigenvalue weighted by Gasteiger charge is 2.45. The van der Waals surface area contributed by atoms with Crippen LogP contribution in [-0.2, 0) is 20.2 Å². The molecule has 2 aromatic carbocycles. The molecule has 126 valence electrons. The average molecular weight is 343 g/mol. The second-order valence-electron chi connectivity index (χ2n) is 6.26. The first kappa shape index (κ1) is 16.9. The second kappa shape index (κ2) is 6.49. The Kier molecular flexibility index (Phi) is 4.56. The van der Waals surface area contributed by atoms with Crippen molar-refractivity contribution < 1.29 is 13.2 Å². The van der Waals surface area contributed by atoms with Crippen LogP contribution in [0.1, 0.15) is 24.0 Å². The maximum Gasteiger partial charge on any atom is 0.211 e. The summed E-state index contributed by atoms with van der Waals surface area (Å²) in [5.74, 6) is 0.0750. The van der Waals surface area contributed by atoms with Gasteiger partial charge in [-0.1, -0.05) is 60.7 Å². The molecule has 0 atom stereocenters. The van der Waals surface area contributed by atoms with E-state index in [-0.39, 0.29) is 12.3 Å². The van der Waals surface area contributed by atoms with E-state index in [1.807, 2.05) is 60.7 Å². The average Bonchev–Trinajstić information content (AvgIpc) is 2.76. The predicted molar refractivity (Wildman–Crippen MR) is 94.3 cm³/mol. The molecule has 3 rings (SSSR count). The van der Waals surface area contributed by atoms with Crippen LogP contribution in [-0.4, -0.2) is 37.9 Å². The van der Waals surface area contributed by atoms with E-state index in [1.54, 1.807) is 0 Å². The molecule has 0 unspecified atom stereocenters. The fourth-order valence-electron chi connectivity index (χ4n) is 3.46. The quantitative estimate of drug-likeness (QED) is 0.861. The smallest absolute Gasteiger partial charge is 0.211 e. The van der Waals surface area contributed by atoms with Crippen molar-refractivity contribution in [3.63, 3.8) is 0 Å². The first-order chi connectivity index (χ1) is 11.4. The van der Waals surface area contributed by atoms with Crippen molar-refractivity contribution in [2.24, 2.45) is 0 Å². The third-order valence-electron chi connectivity index (χ3n) is 4.70. The van der Waals surface area contributed by atoms with Gasteiger partial charge in [-0.15, -0.1) is 0 Å². The molecule has 1 aliphatic heterocycles. The van der Waals surface area contributed by atoms with E-state index < -0.39 is 15.4 Å². The maximum atomic E-state index is 13.2. The molecule has 0 aliphatic carbocycles. The van der Waals surface area contributed by atoms with Gasteiger partial charge in [-0.05, 0) is 17.5 Å². The number of rotatable bonds is 3. The van der Waals surface area contributed by atoms with Gasteiger partial charge in [0, 0.05) is 19.5 Å². The Morgan fingerprint density at radius 3 is 1.88 bits per heavy atom. The molecule has 0 saturated carbocycles. The summed E-state index contributed by atoms with van der Waals surface area (Å²) in [6.07, 6.45) is 2.13. The van der Waals surface area contributed by atoms with Crippen LogP contribution in [0.15, 0.2) is 60.7 Å². The van der Waals surface area contributed by atoms with Gasteiger partial charge in [0.05, 0.1) is 11.7 Å². The Hall–Kier alpha value is -1.98. The summed E-state index contributed by atoms with van der Waals surface area (Å²) in [6, 6.07) is 19.0. The minimum Gasteiger partial charge on any atom is -0.298 e. The predicted octanol–water partition coefficient (Wildman–Crippen LogP) is 2.60. The largest absolute Gasteiger partial charge is 0.298 e. The van der Waals surface area contributed by atoms with E-state index in [0.29, 0.717) is 19.4 Å². The standard InChI is InChI=1S/C19H21NO3S/c1-24(22,23)20-14-8-13-18(21)19(15-20,16-9-4-2-5-10-16)17-11-6-3-7-12-17/h2-7,9-12H,8,13-15H2,1H3. The molecule has 1 fully saturated rings. The molecule has 1 aliphatic rings. The van der Waals surface area contributed by atoms with E-state index in [9.17, 15) is 13.2 Å². The van der Waals surface area contributed by atoms with Crippen molar-refractivity contribution in [3.8, 4) is 0 Å². The number of nitrogens with zero attached hydrogens (tertiary/aromatic N) is 1. The van der Waals surface area contributed by atoms with Crippen molar-refractivity contribution in [1.82, 2.24) is 4.31 Å². The van der Waals surface area contributed by atoms with Gasteiger partial charge in [0.1, 0.15) is 5.78 Å². The van der Waals surface area contributed by atoms with Crippen LogP contribution < -0.4 is 0 Å². The van der Waals surface area contributed by atoms with Crippen LogP contribution in [0.5, 0.6) is 0 Å². The Morgan fingerprint density at radius 2 is 1.42 bits per heavy atom. The summed E-state index contributed by atoms with van der Waals surface area (Å²) in [4.78, 5) is 13.2. The molecule has 0 aromatic heterocycles. The zero-order chi connectivity index (χ0) is 17.2. The molecule has 5 heteroatoms. The zero-order valence-corrected chi connectivity index (χ0v) is 14.5. The number of Topliss-reactive ketones (excluding diaryl/α,β-unsaturated/α-hetero) is 1. The number of benzene rings is 2. The summed E-state index contributed by atoms with van der Waals surface area (Å²) in [6.45, 7) is 0.532. The summed E-state index contributed by atoms with van der Waals surface area (Å²) in [7, 11) is -3.38. The Morgan fingerprint density at radius 1 is 0.917 bits per heavy atom. The highest BCUT2D eigenvalue weighted by Crippen LogP contribution is 2.38. The molecule has 1 saturated heterocycles. The van der Waals surface area contributed by atoms with Gasteiger partial charge in [0.15, 0.2) is 0 Å². The van der Waals surface area contributed by atoms with Crippen molar-refractivity contribution in [2.75, 3.05) is 19.3 Å². The molecule has 0 amide bonds. The molecule has 0 bridgehead atoms. The van der Waals surface area contributed by atoms with Gasteiger partial charge in [0.2, 0.25) is 10.0 Å². The molecular weight excluding hydrogens is 322 g/mol. The number of sulfonamides is 1. The number of hydrogen-bond donors (Lipinski definition) is 0. The molecule has 0 radical (unpaired) electrons. The second-order valence-corrected chi connectivity index (χ2v) is 8.24. The minimum atomic E-state index is -3.38. The third kappa shape index (κ3) is 3.01. The third-order valence-corrected chi connectivity index (χ3v) is 5.95. The van der Waals surface area contributed by atoms with Gasteiger partial charge >= 0.3 is 0 Å². The first-order valence-corrected chi connectivity index (χ1v) is 9.89. The number of hydrogen-bond acceptors (Lipinski definition) is 3. The van der Waals surface area contributed by atoms with Gasteiger partial charge in [-0.2, -0.15) is 0 Å². The topological polar surface area (TPSA) is 54.5 Å². The van der Waals surface area contributed by atoms with Crippen LogP contribution in [0.3, 0.4) is 0 Å². The highest BCUT2D eigenvalue weighted by molar-refractivity contribution is 7.88. The SMILES string of the molecule is CS(=O)(=O)N1CCCC(=O)C(c2ccccc2)(c2ccccc2)C1. The molecule has 24 heavy (non-hydrogen) atoms. The van der Waals surface area contributed by atoms with E-state index in [4.69, 9.17) is 0 Å². The van der Waals surface area contributed by atoms with Crippen LogP contribution in [0, 0.1) is 0 Å². The fourth-order valence-corrected chi connectivity index (χ4v) is 4.35. The summed E-state index contributed by atoms with van der Waals surface area (Å²) < 4.78 is 25.9. The Bertz CT molecular complexity index is 777. The summed E-state index contributed by atoms with van der Waals surface area (Å²) >= 11 is 0. The van der Waals surface area contributed by atoms with E-state index in [1.165, 1.54) is 10.6 Å². The first-order valence-electron chi connectivity index (χ1n) is 8.04. The van der Waals surface area contributed by atoms with Gasteiger partial charge < -0.3 is 0 Å². The minimum absolute atomic E-state index is 0.0750. The highest BCUT2D eigenvalue weighted by atomic mass is 32.2. The lowest BCUT2D eigenvalue weighted by atomic mass is 9.70. The van der Waals surface area contributed by atoms with E-state index in [2.05, 4.69) is 0 Å². The van der Waals surface area contributed by atoms with Crippen LogP contribution in [0.4, 0.5) is 0 Å².